The molecule has 7 bridgehead atoms. The van der Waals surface area contributed by atoms with Gasteiger partial charge in [-0.25, -0.2) is 4.79 Å². The summed E-state index contributed by atoms with van der Waals surface area (Å²) in [5.41, 5.74) is 0.551. The predicted octanol–water partition coefficient (Wildman–Crippen LogP) is 2.33. The minimum absolute atomic E-state index is 0.108. The van der Waals surface area contributed by atoms with E-state index >= 15 is 0 Å². The highest BCUT2D eigenvalue weighted by molar-refractivity contribution is 8.78. The molecule has 2 unspecified atom stereocenters. The molecule has 12 nitrogen and oxygen atoms in total. The Labute approximate surface area is 247 Å². The third-order valence-corrected chi connectivity index (χ3v) is 11.8. The number of piperazine rings is 1. The van der Waals surface area contributed by atoms with Gasteiger partial charge in [0.15, 0.2) is 23.0 Å². The maximum Gasteiger partial charge on any atom is 0.338 e. The van der Waals surface area contributed by atoms with E-state index in [1.807, 2.05) is 0 Å². The number of amides is 2. The third kappa shape index (κ3) is 3.31. The van der Waals surface area contributed by atoms with Crippen LogP contribution in [0.4, 0.5) is 0 Å². The van der Waals surface area contributed by atoms with Gasteiger partial charge in [-0.15, -0.1) is 0 Å². The first-order chi connectivity index (χ1) is 20.2. The first kappa shape index (κ1) is 27.0. The fourth-order valence-corrected chi connectivity index (χ4v) is 9.92. The summed E-state index contributed by atoms with van der Waals surface area (Å²) >= 11 is 0. The van der Waals surface area contributed by atoms with Crippen molar-refractivity contribution in [3.05, 3.63) is 71.7 Å². The monoisotopic (exact) mass is 612 g/mol. The van der Waals surface area contributed by atoms with Gasteiger partial charge in [-0.3, -0.25) is 9.59 Å². The summed E-state index contributed by atoms with van der Waals surface area (Å²) in [5, 5.41) is 23.5. The van der Waals surface area contributed by atoms with Crippen LogP contribution in [-0.4, -0.2) is 87.1 Å². The molecule has 6 atom stereocenters. The van der Waals surface area contributed by atoms with Gasteiger partial charge in [0.1, 0.15) is 24.4 Å². The number of rotatable bonds is 2. The number of carbonyl (C=O) groups excluding carboxylic acids is 3. The second-order valence-electron chi connectivity index (χ2n) is 10.2. The summed E-state index contributed by atoms with van der Waals surface area (Å²) in [4.78, 5) is 41.1. The smallest absolute Gasteiger partial charge is 0.338 e. The van der Waals surface area contributed by atoms with Crippen LogP contribution in [0.5, 0.6) is 23.0 Å². The number of aliphatic hydroxyl groups is 2. The molecular weight excluding hydrogens is 588 g/mol. The van der Waals surface area contributed by atoms with Crippen LogP contribution in [0.25, 0.3) is 0 Å². The van der Waals surface area contributed by atoms with Crippen molar-refractivity contribution in [3.63, 3.8) is 0 Å². The Hall–Kier alpha value is -3.85. The number of esters is 1. The van der Waals surface area contributed by atoms with Crippen LogP contribution in [0.15, 0.2) is 60.6 Å². The van der Waals surface area contributed by atoms with Gasteiger partial charge in [0.25, 0.3) is 11.8 Å². The number of methoxy groups -OCH3 is 2. The van der Waals surface area contributed by atoms with Gasteiger partial charge in [0, 0.05) is 12.6 Å². The van der Waals surface area contributed by atoms with E-state index in [4.69, 9.17) is 23.7 Å². The molecule has 0 radical (unpaired) electrons. The minimum atomic E-state index is -1.84. The molecule has 42 heavy (non-hydrogen) atoms. The SMILES string of the molecule is COc1ccc2cc1Oc1cc(ccc1OC)C(O)C13SS[C@@]4(C(=O)N1C)[C@H](O)C1=COC=C[C@H](OC2=O)[C@H]1N4C3=O. The highest BCUT2D eigenvalue weighted by Crippen LogP contribution is 2.67. The van der Waals surface area contributed by atoms with E-state index in [-0.39, 0.29) is 28.2 Å². The Morgan fingerprint density at radius 1 is 0.905 bits per heavy atom. The molecule has 4 saturated heterocycles. The molecule has 2 aromatic carbocycles. The number of fused-ring (bicyclic) bond motifs is 6. The number of hydrogen-bond acceptors (Lipinski definition) is 12. The number of nitrogens with zero attached hydrogens (tertiary/aromatic N) is 2. The van der Waals surface area contributed by atoms with Gasteiger partial charge in [-0.2, -0.15) is 0 Å². The lowest BCUT2D eigenvalue weighted by Crippen LogP contribution is -2.79. The maximum absolute atomic E-state index is 14.6. The number of ether oxygens (including phenoxy) is 5. The first-order valence-electron chi connectivity index (χ1n) is 12.8. The van der Waals surface area contributed by atoms with Gasteiger partial charge in [-0.05, 0) is 63.6 Å². The van der Waals surface area contributed by atoms with Crippen molar-refractivity contribution < 1.29 is 48.3 Å². The summed E-state index contributed by atoms with van der Waals surface area (Å²) in [7, 11) is 6.28. The van der Waals surface area contributed by atoms with Crippen molar-refractivity contribution in [2.24, 2.45) is 0 Å². The lowest BCUT2D eigenvalue weighted by molar-refractivity contribution is -0.175. The van der Waals surface area contributed by atoms with Crippen molar-refractivity contribution in [2.75, 3.05) is 21.3 Å². The second-order valence-corrected chi connectivity index (χ2v) is 12.8. The van der Waals surface area contributed by atoms with Crippen molar-refractivity contribution in [1.29, 1.82) is 0 Å². The van der Waals surface area contributed by atoms with E-state index in [9.17, 15) is 24.6 Å². The summed E-state index contributed by atoms with van der Waals surface area (Å²) in [6.07, 6.45) is -0.204. The largest absolute Gasteiger partial charge is 0.493 e. The van der Waals surface area contributed by atoms with Crippen LogP contribution >= 0.6 is 21.6 Å². The molecule has 2 amide bonds. The van der Waals surface area contributed by atoms with Gasteiger partial charge in [0.2, 0.25) is 9.74 Å². The lowest BCUT2D eigenvalue weighted by atomic mass is 9.93. The average molecular weight is 613 g/mol. The summed E-state index contributed by atoms with van der Waals surface area (Å²) in [6, 6.07) is 8.03. The molecule has 0 aromatic heterocycles. The van der Waals surface area contributed by atoms with Gasteiger partial charge in [0.05, 0.1) is 32.3 Å². The molecule has 14 heteroatoms. The molecule has 6 aliphatic rings. The predicted molar refractivity (Wildman–Crippen MR) is 149 cm³/mol. The fraction of sp³-hybridized carbons (Fsp3) is 0.321. The average Bonchev–Trinajstić information content (AvgIpc) is 3.10. The number of carbonyl (C=O) groups is 3. The molecular formula is C28H24N2O10S2. The zero-order valence-electron chi connectivity index (χ0n) is 22.4. The van der Waals surface area contributed by atoms with E-state index in [1.165, 1.54) is 67.9 Å². The van der Waals surface area contributed by atoms with E-state index in [2.05, 4.69) is 0 Å². The van der Waals surface area contributed by atoms with Crippen molar-refractivity contribution in [2.45, 2.75) is 34.1 Å². The zero-order chi connectivity index (χ0) is 29.6. The number of aliphatic hydroxyl groups excluding tert-OH is 2. The Morgan fingerprint density at radius 2 is 1.60 bits per heavy atom. The summed E-state index contributed by atoms with van der Waals surface area (Å²) in [5.74, 6) is -1.06. The number of likely N-dealkylation sites (N-methyl/N-ethyl adjacent to an activating group) is 1. The van der Waals surface area contributed by atoms with E-state index in [0.717, 1.165) is 21.6 Å². The Bertz CT molecular complexity index is 1610. The molecule has 218 valence electrons. The van der Waals surface area contributed by atoms with Crippen LogP contribution in [0.1, 0.15) is 22.0 Å². The summed E-state index contributed by atoms with van der Waals surface area (Å²) in [6.45, 7) is 0. The van der Waals surface area contributed by atoms with Crippen LogP contribution in [0.2, 0.25) is 0 Å². The Balaban J connectivity index is 1.49. The van der Waals surface area contributed by atoms with Gasteiger partial charge >= 0.3 is 5.97 Å². The Morgan fingerprint density at radius 3 is 2.33 bits per heavy atom. The van der Waals surface area contributed by atoms with E-state index in [1.54, 1.807) is 18.2 Å². The van der Waals surface area contributed by atoms with E-state index < -0.39 is 51.9 Å². The Kier molecular flexibility index (Phi) is 6.00. The first-order valence-corrected chi connectivity index (χ1v) is 15.0. The van der Waals surface area contributed by atoms with Crippen LogP contribution in [-0.2, 0) is 19.1 Å². The highest BCUT2D eigenvalue weighted by Gasteiger charge is 2.78. The molecule has 6 aliphatic heterocycles. The standard InChI is InChI=1S/C28H24N2O10S2/c1-29-25(34)28-23(32)15-12-38-9-8-18-21(15)30(28)26(35)27(29,41-42-28)22(31)13-4-6-16(36-2)19(10-13)39-20-11-14(24(33)40-18)5-7-17(20)37-3/h4-12,18,21-23,31-32H,1-3H3/t18-,21-,22?,23+,27?,28+/m0/s1. The lowest BCUT2D eigenvalue weighted by Gasteiger charge is -2.60. The minimum Gasteiger partial charge on any atom is -0.493 e. The molecule has 2 aromatic rings. The molecule has 0 saturated carbocycles. The quantitative estimate of drug-likeness (QED) is 0.379. The topological polar surface area (TPSA) is 144 Å². The van der Waals surface area contributed by atoms with Crippen LogP contribution in [0.3, 0.4) is 0 Å². The summed E-state index contributed by atoms with van der Waals surface area (Å²) < 4.78 is 28.5. The van der Waals surface area contributed by atoms with Crippen molar-refractivity contribution >= 4 is 39.4 Å². The normalized spacial score (nSPS) is 32.6. The molecule has 6 heterocycles. The molecule has 2 spiro atoms. The van der Waals surface area contributed by atoms with Crippen molar-refractivity contribution in [3.8, 4) is 23.0 Å². The molecule has 2 N–H and O–H groups in total. The van der Waals surface area contributed by atoms with Gasteiger partial charge < -0.3 is 43.7 Å². The van der Waals surface area contributed by atoms with Crippen molar-refractivity contribution in [1.82, 2.24) is 9.80 Å². The van der Waals surface area contributed by atoms with E-state index in [0.29, 0.717) is 11.5 Å². The third-order valence-electron chi connectivity index (χ3n) is 8.19. The van der Waals surface area contributed by atoms with Crippen LogP contribution < -0.4 is 14.2 Å². The zero-order valence-corrected chi connectivity index (χ0v) is 24.0. The second kappa shape index (κ2) is 9.33. The molecule has 8 rings (SSSR count). The van der Waals surface area contributed by atoms with Gasteiger partial charge in [-0.1, -0.05) is 6.07 Å². The molecule has 4 fully saturated rings. The molecule has 0 aliphatic carbocycles. The van der Waals surface area contributed by atoms with Crippen LogP contribution in [0, 0.1) is 0 Å². The maximum atomic E-state index is 14.6. The highest BCUT2D eigenvalue weighted by atomic mass is 33.1. The number of hydrogen-bond donors (Lipinski definition) is 2. The fourth-order valence-electron chi connectivity index (χ4n) is 6.05. The number of benzene rings is 2.